The van der Waals surface area contributed by atoms with E-state index >= 15 is 0 Å². The number of hydrogen-bond acceptors (Lipinski definition) is 4. The average molecular weight is 373 g/mol. The fraction of sp³-hybridized carbons (Fsp3) is 0.682. The summed E-state index contributed by atoms with van der Waals surface area (Å²) in [5.41, 5.74) is 0. The van der Waals surface area contributed by atoms with E-state index < -0.39 is 0 Å². The smallest absolute Gasteiger partial charge is 0.237 e. The molecular formula is C22H32N2O3. The highest BCUT2D eigenvalue weighted by atomic mass is 16.5. The Morgan fingerprint density at radius 1 is 1.04 bits per heavy atom. The lowest BCUT2D eigenvalue weighted by molar-refractivity contribution is -0.127. The maximum Gasteiger partial charge on any atom is 0.237 e. The lowest BCUT2D eigenvalue weighted by Gasteiger charge is -2.35. The highest BCUT2D eigenvalue weighted by Crippen LogP contribution is 2.29. The molecule has 2 heterocycles. The summed E-state index contributed by atoms with van der Waals surface area (Å²) in [4.78, 5) is 15.5. The molecule has 1 aliphatic carbocycles. The number of nitrogens with zero attached hydrogens (tertiary/aromatic N) is 1. The zero-order chi connectivity index (χ0) is 18.5. The molecule has 4 rings (SSSR count). The normalized spacial score (nSPS) is 28.1. The number of rotatable bonds is 5. The molecule has 3 aliphatic rings. The second-order valence-corrected chi connectivity index (χ2v) is 8.19. The number of para-hydroxylation sites is 1. The quantitative estimate of drug-likeness (QED) is 0.863. The molecule has 1 aromatic carbocycles. The van der Waals surface area contributed by atoms with Gasteiger partial charge < -0.3 is 14.8 Å². The highest BCUT2D eigenvalue weighted by Gasteiger charge is 2.42. The first kappa shape index (κ1) is 18.8. The SMILES string of the molecule is O=C(NC1CCCCC1)[C@@H]1C[C@H](Oc2ccccc2)CN1C1CCOCC1. The molecule has 5 nitrogen and oxygen atoms in total. The molecule has 2 saturated heterocycles. The summed E-state index contributed by atoms with van der Waals surface area (Å²) >= 11 is 0. The van der Waals surface area contributed by atoms with Gasteiger partial charge in [-0.25, -0.2) is 0 Å². The molecule has 0 aromatic heterocycles. The number of nitrogens with one attached hydrogen (secondary N) is 1. The lowest BCUT2D eigenvalue weighted by atomic mass is 9.95. The van der Waals surface area contributed by atoms with Crippen molar-refractivity contribution in [3.05, 3.63) is 30.3 Å². The maximum atomic E-state index is 13.1. The molecule has 148 valence electrons. The molecular weight excluding hydrogens is 340 g/mol. The number of hydrogen-bond donors (Lipinski definition) is 1. The number of ether oxygens (including phenoxy) is 2. The van der Waals surface area contributed by atoms with E-state index in [9.17, 15) is 4.79 Å². The van der Waals surface area contributed by atoms with Gasteiger partial charge >= 0.3 is 0 Å². The minimum atomic E-state index is -0.0799. The zero-order valence-corrected chi connectivity index (χ0v) is 16.1. The minimum absolute atomic E-state index is 0.0670. The van der Waals surface area contributed by atoms with Crippen molar-refractivity contribution in [1.82, 2.24) is 10.2 Å². The van der Waals surface area contributed by atoms with E-state index in [-0.39, 0.29) is 18.1 Å². The maximum absolute atomic E-state index is 13.1. The molecule has 0 bridgehead atoms. The summed E-state index contributed by atoms with van der Waals surface area (Å²) in [7, 11) is 0. The number of benzene rings is 1. The van der Waals surface area contributed by atoms with Crippen LogP contribution in [0.3, 0.4) is 0 Å². The monoisotopic (exact) mass is 372 g/mol. The molecule has 3 fully saturated rings. The van der Waals surface area contributed by atoms with Crippen LogP contribution in [0.2, 0.25) is 0 Å². The van der Waals surface area contributed by atoms with Gasteiger partial charge in [0, 0.05) is 38.3 Å². The predicted molar refractivity (Wildman–Crippen MR) is 105 cm³/mol. The topological polar surface area (TPSA) is 50.8 Å². The molecule has 5 heteroatoms. The molecule has 27 heavy (non-hydrogen) atoms. The summed E-state index contributed by atoms with van der Waals surface area (Å²) in [5, 5.41) is 3.35. The second-order valence-electron chi connectivity index (χ2n) is 8.19. The van der Waals surface area contributed by atoms with Crippen LogP contribution in [0.4, 0.5) is 0 Å². The molecule has 1 saturated carbocycles. The fourth-order valence-electron chi connectivity index (χ4n) is 4.82. The van der Waals surface area contributed by atoms with E-state index in [4.69, 9.17) is 9.47 Å². The van der Waals surface area contributed by atoms with Crippen molar-refractivity contribution in [2.45, 2.75) is 75.6 Å². The van der Waals surface area contributed by atoms with Gasteiger partial charge in [-0.3, -0.25) is 9.69 Å². The summed E-state index contributed by atoms with van der Waals surface area (Å²) in [5.74, 6) is 1.09. The van der Waals surface area contributed by atoms with E-state index in [1.165, 1.54) is 19.3 Å². The van der Waals surface area contributed by atoms with Crippen molar-refractivity contribution >= 4 is 5.91 Å². The van der Waals surface area contributed by atoms with E-state index in [1.807, 2.05) is 30.3 Å². The molecule has 0 spiro atoms. The van der Waals surface area contributed by atoms with Gasteiger partial charge in [-0.2, -0.15) is 0 Å². The summed E-state index contributed by atoms with van der Waals surface area (Å²) in [6.07, 6.45) is 8.87. The van der Waals surface area contributed by atoms with E-state index in [1.54, 1.807) is 0 Å². The first-order valence-corrected chi connectivity index (χ1v) is 10.6. The third kappa shape index (κ3) is 4.82. The zero-order valence-electron chi connectivity index (χ0n) is 16.1. The summed E-state index contributed by atoms with van der Waals surface area (Å²) < 4.78 is 11.8. The van der Waals surface area contributed by atoms with Crippen LogP contribution < -0.4 is 10.1 Å². The molecule has 1 amide bonds. The van der Waals surface area contributed by atoms with E-state index in [0.717, 1.165) is 57.6 Å². The Morgan fingerprint density at radius 2 is 1.78 bits per heavy atom. The number of amides is 1. The molecule has 2 aliphatic heterocycles. The van der Waals surface area contributed by atoms with Gasteiger partial charge in [0.2, 0.25) is 5.91 Å². The summed E-state index contributed by atoms with van der Waals surface area (Å²) in [6.45, 7) is 2.41. The van der Waals surface area contributed by atoms with Gasteiger partial charge in [-0.1, -0.05) is 37.5 Å². The van der Waals surface area contributed by atoms with Crippen molar-refractivity contribution in [1.29, 1.82) is 0 Å². The van der Waals surface area contributed by atoms with Crippen molar-refractivity contribution in [3.63, 3.8) is 0 Å². The fourth-order valence-corrected chi connectivity index (χ4v) is 4.82. The molecule has 1 aromatic rings. The Balaban J connectivity index is 1.42. The van der Waals surface area contributed by atoms with Crippen LogP contribution in [0.25, 0.3) is 0 Å². The first-order valence-electron chi connectivity index (χ1n) is 10.6. The van der Waals surface area contributed by atoms with E-state index in [2.05, 4.69) is 10.2 Å². The van der Waals surface area contributed by atoms with Crippen LogP contribution >= 0.6 is 0 Å². The highest BCUT2D eigenvalue weighted by molar-refractivity contribution is 5.82. The Labute approximate surface area is 162 Å². The Morgan fingerprint density at radius 3 is 2.52 bits per heavy atom. The Hall–Kier alpha value is -1.59. The van der Waals surface area contributed by atoms with Gasteiger partial charge in [0.25, 0.3) is 0 Å². The number of carbonyl (C=O) groups is 1. The van der Waals surface area contributed by atoms with Crippen LogP contribution in [-0.2, 0) is 9.53 Å². The van der Waals surface area contributed by atoms with Gasteiger partial charge in [0.05, 0.1) is 6.04 Å². The Bertz CT molecular complexity index is 597. The lowest BCUT2D eigenvalue weighted by Crippen LogP contribution is -2.51. The van der Waals surface area contributed by atoms with Crippen molar-refractivity contribution < 1.29 is 14.3 Å². The Kier molecular flexibility index (Phi) is 6.30. The van der Waals surface area contributed by atoms with Crippen molar-refractivity contribution in [3.8, 4) is 5.75 Å². The van der Waals surface area contributed by atoms with Gasteiger partial charge in [-0.05, 0) is 37.8 Å². The predicted octanol–water partition coefficient (Wildman–Crippen LogP) is 3.14. The van der Waals surface area contributed by atoms with Crippen molar-refractivity contribution in [2.75, 3.05) is 19.8 Å². The first-order chi connectivity index (χ1) is 13.3. The summed E-state index contributed by atoms with van der Waals surface area (Å²) in [6, 6.07) is 10.7. The second kappa shape index (κ2) is 9.07. The van der Waals surface area contributed by atoms with Crippen LogP contribution in [-0.4, -0.2) is 54.8 Å². The van der Waals surface area contributed by atoms with Gasteiger partial charge in [0.15, 0.2) is 0 Å². The van der Waals surface area contributed by atoms with Crippen molar-refractivity contribution in [2.24, 2.45) is 0 Å². The van der Waals surface area contributed by atoms with Crippen LogP contribution in [0.1, 0.15) is 51.4 Å². The third-order valence-corrected chi connectivity index (χ3v) is 6.26. The average Bonchev–Trinajstić information content (AvgIpc) is 3.14. The molecule has 1 N–H and O–H groups in total. The van der Waals surface area contributed by atoms with Crippen LogP contribution in [0.5, 0.6) is 5.75 Å². The molecule has 0 radical (unpaired) electrons. The van der Waals surface area contributed by atoms with Gasteiger partial charge in [-0.15, -0.1) is 0 Å². The number of carbonyl (C=O) groups excluding carboxylic acids is 1. The standard InChI is InChI=1S/C22H32N2O3/c25-22(23-17-7-3-1-4-8-17)21-15-20(27-19-9-5-2-6-10-19)16-24(21)18-11-13-26-14-12-18/h2,5-6,9-10,17-18,20-21H,1,3-4,7-8,11-16H2,(H,23,25)/t20-,21-/m0/s1. The van der Waals surface area contributed by atoms with Crippen LogP contribution in [0, 0.1) is 0 Å². The molecule has 2 atom stereocenters. The minimum Gasteiger partial charge on any atom is -0.489 e. The number of likely N-dealkylation sites (tertiary alicyclic amines) is 1. The largest absolute Gasteiger partial charge is 0.489 e. The van der Waals surface area contributed by atoms with Gasteiger partial charge in [0.1, 0.15) is 11.9 Å². The van der Waals surface area contributed by atoms with Crippen LogP contribution in [0.15, 0.2) is 30.3 Å². The molecule has 0 unspecified atom stereocenters. The third-order valence-electron chi connectivity index (χ3n) is 6.26. The van der Waals surface area contributed by atoms with E-state index in [0.29, 0.717) is 12.1 Å².